The molecular weight excluding hydrogens is 516 g/mol. The number of rotatable bonds is 3. The molecule has 0 N–H and O–H groups in total. The molecule has 0 bridgehead atoms. The van der Waals surface area contributed by atoms with Crippen LogP contribution < -0.4 is 0 Å². The Hall–Kier alpha value is 0. The highest BCUT2D eigenvalue weighted by Crippen LogP contribution is 2.68. The van der Waals surface area contributed by atoms with Gasteiger partial charge in [-0.1, -0.05) is 96.3 Å². The van der Waals surface area contributed by atoms with Crippen molar-refractivity contribution in [2.45, 2.75) is 173 Å². The van der Waals surface area contributed by atoms with E-state index in [0.29, 0.717) is 0 Å². The minimum atomic E-state index is 1.11. The van der Waals surface area contributed by atoms with E-state index in [1.807, 2.05) is 0 Å². The lowest BCUT2D eigenvalue weighted by molar-refractivity contribution is -0.163. The predicted octanol–water partition coefficient (Wildman–Crippen LogP) is 12.5. The first-order valence-corrected chi connectivity index (χ1v) is 21.4. The average molecular weight is 587 g/mol. The molecule has 9 aliphatic carbocycles. The van der Waals surface area contributed by atoms with Crippen LogP contribution in [0.5, 0.6) is 0 Å². The fraction of sp³-hybridized carbons (Fsp3) is 1.00. The van der Waals surface area contributed by atoms with Gasteiger partial charge in [-0.05, 0) is 172 Å². The Morgan fingerprint density at radius 1 is 0.163 bits per heavy atom. The molecule has 9 fully saturated rings. The van der Waals surface area contributed by atoms with Crippen LogP contribution in [0.25, 0.3) is 0 Å². The molecule has 0 aromatic heterocycles. The zero-order chi connectivity index (χ0) is 28.3. The molecule has 0 radical (unpaired) electrons. The maximum Gasteiger partial charge on any atom is -0.0321 e. The monoisotopic (exact) mass is 587 g/mol. The molecule has 0 nitrogen and oxygen atoms in total. The van der Waals surface area contributed by atoms with Crippen molar-refractivity contribution in [2.24, 2.45) is 94.7 Å². The molecule has 43 heavy (non-hydrogen) atoms. The van der Waals surface area contributed by atoms with Crippen LogP contribution in [0, 0.1) is 94.7 Å². The summed E-state index contributed by atoms with van der Waals surface area (Å²) in [5.74, 6) is 18.3. The van der Waals surface area contributed by atoms with Gasteiger partial charge < -0.3 is 0 Å². The van der Waals surface area contributed by atoms with Gasteiger partial charge in [-0.25, -0.2) is 0 Å². The molecule has 242 valence electrons. The van der Waals surface area contributed by atoms with E-state index in [1.165, 1.54) is 11.8 Å². The average Bonchev–Trinajstić information content (AvgIpc) is 3.36. The van der Waals surface area contributed by atoms with Crippen LogP contribution in [0.3, 0.4) is 0 Å². The van der Waals surface area contributed by atoms with Crippen molar-refractivity contribution in [3.05, 3.63) is 0 Å². The Labute approximate surface area is 267 Å². The van der Waals surface area contributed by atoms with Crippen molar-refractivity contribution in [3.8, 4) is 0 Å². The van der Waals surface area contributed by atoms with Gasteiger partial charge in [-0.15, -0.1) is 0 Å². The molecule has 0 saturated heterocycles. The maximum atomic E-state index is 1.67. The lowest BCUT2D eigenvalue weighted by Crippen LogP contribution is -2.58. The minimum absolute atomic E-state index is 1.11. The third-order valence-corrected chi connectivity index (χ3v) is 18.0. The van der Waals surface area contributed by atoms with Crippen LogP contribution in [0.2, 0.25) is 0 Å². The van der Waals surface area contributed by atoms with Crippen molar-refractivity contribution in [3.63, 3.8) is 0 Å². The normalized spacial score (nSPS) is 54.0. The first-order valence-electron chi connectivity index (χ1n) is 21.4. The Bertz CT molecular complexity index is 896. The van der Waals surface area contributed by atoms with E-state index in [2.05, 4.69) is 0 Å². The number of hydrogen-bond acceptors (Lipinski definition) is 0. The van der Waals surface area contributed by atoms with Crippen LogP contribution in [0.1, 0.15) is 173 Å². The van der Waals surface area contributed by atoms with Crippen LogP contribution in [0.15, 0.2) is 0 Å². The van der Waals surface area contributed by atoms with Gasteiger partial charge in [0.1, 0.15) is 0 Å². The molecule has 15 atom stereocenters. The first-order chi connectivity index (χ1) is 21.4. The van der Waals surface area contributed by atoms with Gasteiger partial charge in [0.05, 0.1) is 0 Å². The highest BCUT2D eigenvalue weighted by molar-refractivity contribution is 5.09. The van der Waals surface area contributed by atoms with Crippen LogP contribution >= 0.6 is 0 Å². The summed E-state index contributed by atoms with van der Waals surface area (Å²) in [4.78, 5) is 0. The van der Waals surface area contributed by atoms with Crippen molar-refractivity contribution >= 4 is 0 Å². The Morgan fingerprint density at radius 2 is 0.488 bits per heavy atom. The zero-order valence-electron chi connectivity index (χ0n) is 28.3. The second-order valence-corrected chi connectivity index (χ2v) is 19.2. The van der Waals surface area contributed by atoms with Crippen LogP contribution in [-0.4, -0.2) is 0 Å². The molecule has 0 heterocycles. The standard InChI is InChI=1S/C43H70/c1-2-4-13-28(12-3-1)32-16-5-6-17-33(32)42-34-18-7-9-20-36(34)43(37-21-10-8-19-35(37)42)39-27-25-31-23-22-29-14-11-15-30-24-26-38(39)41(31)40(29)30/h28-43H,1-27H2/t29?,30?,31?,32?,33?,34-,35+,36?,37?,38?,39?,40-,41+,42?,43?/m0/s1. The largest absolute Gasteiger partial charge is 0.0533 e. The third kappa shape index (κ3) is 5.08. The van der Waals surface area contributed by atoms with Gasteiger partial charge in [-0.3, -0.25) is 0 Å². The van der Waals surface area contributed by atoms with Crippen LogP contribution in [0.4, 0.5) is 0 Å². The Kier molecular flexibility index (Phi) is 8.51. The fourth-order valence-corrected chi connectivity index (χ4v) is 17.0. The van der Waals surface area contributed by atoms with E-state index >= 15 is 0 Å². The van der Waals surface area contributed by atoms with E-state index in [-0.39, 0.29) is 0 Å². The Balaban J connectivity index is 1.04. The van der Waals surface area contributed by atoms with Crippen LogP contribution in [-0.2, 0) is 0 Å². The smallest absolute Gasteiger partial charge is 0.0321 e. The van der Waals surface area contributed by atoms with Gasteiger partial charge in [0.15, 0.2) is 0 Å². The number of hydrogen-bond donors (Lipinski definition) is 0. The predicted molar refractivity (Wildman–Crippen MR) is 180 cm³/mol. The fourth-order valence-electron chi connectivity index (χ4n) is 17.0. The van der Waals surface area contributed by atoms with E-state index in [4.69, 9.17) is 0 Å². The quantitative estimate of drug-likeness (QED) is 0.289. The lowest BCUT2D eigenvalue weighted by Gasteiger charge is -2.65. The third-order valence-electron chi connectivity index (χ3n) is 18.0. The van der Waals surface area contributed by atoms with Crippen molar-refractivity contribution in [2.75, 3.05) is 0 Å². The maximum absolute atomic E-state index is 1.67. The van der Waals surface area contributed by atoms with Crippen molar-refractivity contribution in [1.82, 2.24) is 0 Å². The van der Waals surface area contributed by atoms with Gasteiger partial charge >= 0.3 is 0 Å². The topological polar surface area (TPSA) is 0 Å². The van der Waals surface area contributed by atoms with E-state index < -0.39 is 0 Å². The summed E-state index contributed by atoms with van der Waals surface area (Å²) in [7, 11) is 0. The van der Waals surface area contributed by atoms with Crippen molar-refractivity contribution < 1.29 is 0 Å². The summed E-state index contributed by atoms with van der Waals surface area (Å²) in [6.45, 7) is 0. The minimum Gasteiger partial charge on any atom is -0.0533 e. The Morgan fingerprint density at radius 3 is 1.00 bits per heavy atom. The highest BCUT2D eigenvalue weighted by Gasteiger charge is 2.60. The SMILES string of the molecule is C1CCCC(C2CCCCC2C2[C@@H]3CCCCC3C(C3CCC4CCC5CCCC6CCC3[C@@H]4[C@@H]56)C3CCCC[C@@H]32)CC1. The number of fused-ring (bicyclic) bond motifs is 2. The molecule has 0 aliphatic heterocycles. The molecule has 0 spiro atoms. The second-order valence-electron chi connectivity index (χ2n) is 19.2. The van der Waals surface area contributed by atoms with Crippen molar-refractivity contribution in [1.29, 1.82) is 0 Å². The van der Waals surface area contributed by atoms with Gasteiger partial charge in [-0.2, -0.15) is 0 Å². The lowest BCUT2D eigenvalue weighted by atomic mass is 9.40. The zero-order valence-corrected chi connectivity index (χ0v) is 28.3. The molecule has 9 aliphatic rings. The molecule has 0 aromatic rings. The summed E-state index contributed by atoms with van der Waals surface area (Å²) in [6, 6.07) is 0. The summed E-state index contributed by atoms with van der Waals surface area (Å²) in [5.41, 5.74) is 0. The molecule has 11 unspecified atom stereocenters. The summed E-state index contributed by atoms with van der Waals surface area (Å²) >= 11 is 0. The molecule has 0 aromatic carbocycles. The highest BCUT2D eigenvalue weighted by atomic mass is 14.7. The molecular formula is C43H70. The summed E-state index contributed by atoms with van der Waals surface area (Å²) < 4.78 is 0. The molecule has 9 rings (SSSR count). The summed E-state index contributed by atoms with van der Waals surface area (Å²) in [6.07, 6.45) is 43.5. The van der Waals surface area contributed by atoms with Gasteiger partial charge in [0.25, 0.3) is 0 Å². The first kappa shape index (κ1) is 29.2. The van der Waals surface area contributed by atoms with Gasteiger partial charge in [0.2, 0.25) is 0 Å². The van der Waals surface area contributed by atoms with E-state index in [9.17, 15) is 0 Å². The molecule has 9 saturated carbocycles. The summed E-state index contributed by atoms with van der Waals surface area (Å²) in [5, 5.41) is 0. The second kappa shape index (κ2) is 12.6. The molecule has 0 amide bonds. The molecule has 0 heteroatoms. The van der Waals surface area contributed by atoms with E-state index in [1.54, 1.807) is 173 Å². The van der Waals surface area contributed by atoms with E-state index in [0.717, 1.165) is 82.9 Å². The van der Waals surface area contributed by atoms with Gasteiger partial charge in [0, 0.05) is 0 Å².